The molecule has 1 aromatic carbocycles. The SMILES string of the molecule is CCCNC(=O)[C@@H](NC(=O)CC(C)C)C1CCN(C(=O)c2ccccc2F)CC1. The van der Waals surface area contributed by atoms with Crippen molar-refractivity contribution in [1.29, 1.82) is 0 Å². The lowest BCUT2D eigenvalue weighted by molar-refractivity contribution is -0.131. The monoisotopic (exact) mass is 405 g/mol. The number of nitrogens with one attached hydrogen (secondary N) is 2. The van der Waals surface area contributed by atoms with Gasteiger partial charge in [0.1, 0.15) is 11.9 Å². The molecule has 29 heavy (non-hydrogen) atoms. The number of hydrogen-bond acceptors (Lipinski definition) is 3. The van der Waals surface area contributed by atoms with E-state index in [4.69, 9.17) is 0 Å². The normalized spacial score (nSPS) is 15.8. The lowest BCUT2D eigenvalue weighted by Crippen LogP contribution is -2.54. The van der Waals surface area contributed by atoms with Gasteiger partial charge in [0, 0.05) is 26.1 Å². The van der Waals surface area contributed by atoms with Crippen molar-refractivity contribution in [3.63, 3.8) is 0 Å². The summed E-state index contributed by atoms with van der Waals surface area (Å²) in [5, 5.41) is 5.77. The molecule has 1 aromatic rings. The maximum Gasteiger partial charge on any atom is 0.256 e. The zero-order chi connectivity index (χ0) is 21.4. The predicted molar refractivity (Wildman–Crippen MR) is 110 cm³/mol. The number of piperidine rings is 1. The van der Waals surface area contributed by atoms with E-state index >= 15 is 0 Å². The Morgan fingerprint density at radius 2 is 1.83 bits per heavy atom. The molecule has 0 aromatic heterocycles. The zero-order valence-corrected chi connectivity index (χ0v) is 17.5. The summed E-state index contributed by atoms with van der Waals surface area (Å²) in [6, 6.07) is 5.34. The molecule has 6 nitrogen and oxygen atoms in total. The Hall–Kier alpha value is -2.44. The molecule has 7 heteroatoms. The van der Waals surface area contributed by atoms with Crippen LogP contribution >= 0.6 is 0 Å². The molecule has 0 spiro atoms. The average molecular weight is 406 g/mol. The third-order valence-electron chi connectivity index (χ3n) is 5.14. The number of halogens is 1. The fourth-order valence-corrected chi connectivity index (χ4v) is 3.60. The van der Waals surface area contributed by atoms with Gasteiger partial charge < -0.3 is 15.5 Å². The summed E-state index contributed by atoms with van der Waals surface area (Å²) in [6.07, 6.45) is 2.33. The van der Waals surface area contributed by atoms with E-state index in [1.807, 2.05) is 20.8 Å². The summed E-state index contributed by atoms with van der Waals surface area (Å²) in [7, 11) is 0. The summed E-state index contributed by atoms with van der Waals surface area (Å²) in [5.74, 6) is -1.04. The molecule has 3 amide bonds. The molecule has 1 aliphatic rings. The van der Waals surface area contributed by atoms with Crippen LogP contribution in [0, 0.1) is 17.7 Å². The number of likely N-dealkylation sites (tertiary alicyclic amines) is 1. The van der Waals surface area contributed by atoms with E-state index in [0.29, 0.717) is 38.9 Å². The lowest BCUT2D eigenvalue weighted by Gasteiger charge is -2.36. The van der Waals surface area contributed by atoms with Gasteiger partial charge >= 0.3 is 0 Å². The van der Waals surface area contributed by atoms with Crippen molar-refractivity contribution in [2.45, 2.75) is 52.5 Å². The Morgan fingerprint density at radius 3 is 2.41 bits per heavy atom. The molecule has 2 rings (SSSR count). The Kier molecular flexibility index (Phi) is 8.61. The standard InChI is InChI=1S/C22H32FN3O3/c1-4-11-24-21(28)20(25-19(27)14-15(2)3)16-9-12-26(13-10-16)22(29)17-7-5-6-8-18(17)23/h5-8,15-16,20H,4,9-14H2,1-3H3,(H,24,28)(H,25,27)/t20-/m0/s1. The van der Waals surface area contributed by atoms with Gasteiger partial charge in [-0.05, 0) is 43.2 Å². The van der Waals surface area contributed by atoms with E-state index in [1.165, 1.54) is 12.1 Å². The first-order valence-electron chi connectivity index (χ1n) is 10.4. The highest BCUT2D eigenvalue weighted by molar-refractivity contribution is 5.94. The van der Waals surface area contributed by atoms with Crippen LogP contribution in [-0.2, 0) is 9.59 Å². The summed E-state index contributed by atoms with van der Waals surface area (Å²) >= 11 is 0. The second-order valence-electron chi connectivity index (χ2n) is 8.04. The number of carbonyl (C=O) groups excluding carboxylic acids is 3. The van der Waals surface area contributed by atoms with Crippen molar-refractivity contribution in [3.05, 3.63) is 35.6 Å². The number of amides is 3. The average Bonchev–Trinajstić information content (AvgIpc) is 2.69. The molecule has 1 saturated heterocycles. The summed E-state index contributed by atoms with van der Waals surface area (Å²) < 4.78 is 13.9. The van der Waals surface area contributed by atoms with Crippen molar-refractivity contribution in [3.8, 4) is 0 Å². The zero-order valence-electron chi connectivity index (χ0n) is 17.5. The van der Waals surface area contributed by atoms with Crippen molar-refractivity contribution in [2.75, 3.05) is 19.6 Å². The smallest absolute Gasteiger partial charge is 0.256 e. The van der Waals surface area contributed by atoms with Gasteiger partial charge in [-0.15, -0.1) is 0 Å². The summed E-state index contributed by atoms with van der Waals surface area (Å²) in [5.41, 5.74) is 0.0634. The lowest BCUT2D eigenvalue weighted by atomic mass is 9.88. The Balaban J connectivity index is 2.02. The van der Waals surface area contributed by atoms with Gasteiger partial charge in [-0.3, -0.25) is 14.4 Å². The predicted octanol–water partition coefficient (Wildman–Crippen LogP) is 2.74. The van der Waals surface area contributed by atoms with Gasteiger partial charge in [-0.25, -0.2) is 4.39 Å². The highest BCUT2D eigenvalue weighted by atomic mass is 19.1. The van der Waals surface area contributed by atoms with Gasteiger partial charge in [-0.1, -0.05) is 32.9 Å². The first-order chi connectivity index (χ1) is 13.8. The molecule has 160 valence electrons. The second-order valence-corrected chi connectivity index (χ2v) is 8.04. The quantitative estimate of drug-likeness (QED) is 0.698. The third-order valence-corrected chi connectivity index (χ3v) is 5.14. The Bertz CT molecular complexity index is 715. The van der Waals surface area contributed by atoms with E-state index in [0.717, 1.165) is 6.42 Å². The molecule has 1 heterocycles. The van der Waals surface area contributed by atoms with Gasteiger partial charge in [0.05, 0.1) is 5.56 Å². The van der Waals surface area contributed by atoms with E-state index in [-0.39, 0.29) is 35.1 Å². The van der Waals surface area contributed by atoms with Crippen LogP contribution in [-0.4, -0.2) is 48.3 Å². The number of nitrogens with zero attached hydrogens (tertiary/aromatic N) is 1. The van der Waals surface area contributed by atoms with Crippen LogP contribution in [0.25, 0.3) is 0 Å². The van der Waals surface area contributed by atoms with Crippen LogP contribution in [0.3, 0.4) is 0 Å². The molecule has 0 bridgehead atoms. The first-order valence-corrected chi connectivity index (χ1v) is 10.4. The van der Waals surface area contributed by atoms with Gasteiger partial charge in [0.25, 0.3) is 5.91 Å². The topological polar surface area (TPSA) is 78.5 Å². The van der Waals surface area contributed by atoms with Crippen LogP contribution in [0.15, 0.2) is 24.3 Å². The maximum absolute atomic E-state index is 13.9. The van der Waals surface area contributed by atoms with Crippen molar-refractivity contribution >= 4 is 17.7 Å². The molecule has 0 saturated carbocycles. The summed E-state index contributed by atoms with van der Waals surface area (Å²) in [4.78, 5) is 39.2. The molecule has 1 atom stereocenters. The number of rotatable bonds is 8. The van der Waals surface area contributed by atoms with Gasteiger partial charge in [0.2, 0.25) is 11.8 Å². The van der Waals surface area contributed by atoms with E-state index in [9.17, 15) is 18.8 Å². The van der Waals surface area contributed by atoms with Crippen LogP contribution < -0.4 is 10.6 Å². The maximum atomic E-state index is 13.9. The fourth-order valence-electron chi connectivity index (χ4n) is 3.60. The Labute approximate surface area is 172 Å². The minimum absolute atomic E-state index is 0.0624. The molecule has 2 N–H and O–H groups in total. The minimum atomic E-state index is -0.612. The van der Waals surface area contributed by atoms with Crippen LogP contribution in [0.1, 0.15) is 56.8 Å². The van der Waals surface area contributed by atoms with Crippen LogP contribution in [0.4, 0.5) is 4.39 Å². The van der Waals surface area contributed by atoms with E-state index < -0.39 is 11.9 Å². The Morgan fingerprint density at radius 1 is 1.17 bits per heavy atom. The van der Waals surface area contributed by atoms with Gasteiger partial charge in [-0.2, -0.15) is 0 Å². The highest BCUT2D eigenvalue weighted by Crippen LogP contribution is 2.23. The van der Waals surface area contributed by atoms with E-state index in [2.05, 4.69) is 10.6 Å². The fraction of sp³-hybridized carbons (Fsp3) is 0.591. The molecular weight excluding hydrogens is 373 g/mol. The molecule has 1 aliphatic heterocycles. The third kappa shape index (κ3) is 6.54. The molecule has 0 aliphatic carbocycles. The number of carbonyl (C=O) groups is 3. The highest BCUT2D eigenvalue weighted by Gasteiger charge is 2.34. The van der Waals surface area contributed by atoms with Crippen molar-refractivity contribution in [2.24, 2.45) is 11.8 Å². The molecule has 0 radical (unpaired) electrons. The molecule has 0 unspecified atom stereocenters. The largest absolute Gasteiger partial charge is 0.354 e. The van der Waals surface area contributed by atoms with Crippen molar-refractivity contribution < 1.29 is 18.8 Å². The van der Waals surface area contributed by atoms with E-state index in [1.54, 1.807) is 17.0 Å². The minimum Gasteiger partial charge on any atom is -0.354 e. The second kappa shape index (κ2) is 10.9. The number of benzene rings is 1. The summed E-state index contributed by atoms with van der Waals surface area (Å²) in [6.45, 7) is 7.29. The first kappa shape index (κ1) is 22.8. The van der Waals surface area contributed by atoms with Gasteiger partial charge in [0.15, 0.2) is 0 Å². The van der Waals surface area contributed by atoms with Crippen LogP contribution in [0.5, 0.6) is 0 Å². The van der Waals surface area contributed by atoms with Crippen molar-refractivity contribution in [1.82, 2.24) is 15.5 Å². The number of hydrogen-bond donors (Lipinski definition) is 2. The molecule has 1 fully saturated rings. The molecular formula is C22H32FN3O3. The van der Waals surface area contributed by atoms with Crippen LogP contribution in [0.2, 0.25) is 0 Å².